The van der Waals surface area contributed by atoms with Crippen LogP contribution in [0.4, 0.5) is 5.69 Å². The third-order valence-electron chi connectivity index (χ3n) is 4.12. The molecule has 27 heavy (non-hydrogen) atoms. The highest BCUT2D eigenvalue weighted by Crippen LogP contribution is 2.38. The number of rotatable bonds is 4. The van der Waals surface area contributed by atoms with E-state index in [1.165, 1.54) is 16.2 Å². The van der Waals surface area contributed by atoms with Crippen molar-refractivity contribution in [1.82, 2.24) is 4.98 Å². The van der Waals surface area contributed by atoms with Gasteiger partial charge in [0.1, 0.15) is 16.3 Å². The molecule has 0 spiro atoms. The highest BCUT2D eigenvalue weighted by atomic mass is 35.5. The molecule has 138 valence electrons. The molecular weight excluding hydrogens is 411 g/mol. The van der Waals surface area contributed by atoms with Crippen molar-refractivity contribution < 1.29 is 19.4 Å². The summed E-state index contributed by atoms with van der Waals surface area (Å²) >= 11 is 13.7. The van der Waals surface area contributed by atoms with Crippen LogP contribution in [0.15, 0.2) is 36.4 Å². The van der Waals surface area contributed by atoms with Crippen LogP contribution in [0.1, 0.15) is 11.4 Å². The molecule has 0 bridgehead atoms. The molecule has 1 aliphatic heterocycles. The molecular formula is C18H12Cl2N2O4S. The Morgan fingerprint density at radius 2 is 2.04 bits per heavy atom. The van der Waals surface area contributed by atoms with Crippen LogP contribution in [-0.4, -0.2) is 28.1 Å². The maximum atomic E-state index is 12.8. The van der Waals surface area contributed by atoms with Crippen LogP contribution in [0.25, 0.3) is 10.2 Å². The predicted octanol–water partition coefficient (Wildman–Crippen LogP) is 4.37. The van der Waals surface area contributed by atoms with Gasteiger partial charge in [-0.05, 0) is 24.3 Å². The van der Waals surface area contributed by atoms with E-state index in [1.807, 2.05) is 6.07 Å². The zero-order valence-corrected chi connectivity index (χ0v) is 16.0. The molecule has 0 radical (unpaired) electrons. The number of amides is 1. The number of fused-ring (bicyclic) bond motifs is 2. The maximum Gasteiger partial charge on any atom is 0.307 e. The Bertz CT molecular complexity index is 1070. The largest absolute Gasteiger partial charge is 0.481 e. The van der Waals surface area contributed by atoms with Gasteiger partial charge in [-0.2, -0.15) is 0 Å². The third-order valence-corrected chi connectivity index (χ3v) is 5.92. The summed E-state index contributed by atoms with van der Waals surface area (Å²) in [7, 11) is 0. The first-order chi connectivity index (χ1) is 12.9. The fourth-order valence-electron chi connectivity index (χ4n) is 2.91. The van der Waals surface area contributed by atoms with Gasteiger partial charge in [0.25, 0.3) is 5.91 Å². The molecule has 1 aliphatic rings. The minimum atomic E-state index is -1.10. The molecule has 0 fully saturated rings. The van der Waals surface area contributed by atoms with E-state index < -0.39 is 24.4 Å². The van der Waals surface area contributed by atoms with Crippen molar-refractivity contribution in [3.05, 3.63) is 51.5 Å². The van der Waals surface area contributed by atoms with Crippen molar-refractivity contribution in [3.63, 3.8) is 0 Å². The highest BCUT2D eigenvalue weighted by Gasteiger charge is 2.36. The number of aromatic nitrogens is 1. The number of halogens is 2. The number of nitrogens with zero attached hydrogens (tertiary/aromatic N) is 2. The lowest BCUT2D eigenvalue weighted by Gasteiger charge is -2.33. The summed E-state index contributed by atoms with van der Waals surface area (Å²) in [6.45, 7) is 0.183. The number of carboxylic acid groups (broad SMARTS) is 1. The molecule has 0 saturated carbocycles. The molecule has 1 atom stereocenters. The lowest BCUT2D eigenvalue weighted by molar-refractivity contribution is -0.142. The average Bonchev–Trinajstić information content (AvgIpc) is 3.05. The number of hydrogen-bond donors (Lipinski definition) is 1. The van der Waals surface area contributed by atoms with E-state index >= 15 is 0 Å². The Balaban J connectivity index is 1.72. The lowest BCUT2D eigenvalue weighted by Crippen LogP contribution is -2.46. The van der Waals surface area contributed by atoms with Crippen molar-refractivity contribution in [1.29, 1.82) is 0 Å². The molecule has 2 aromatic carbocycles. The molecule has 1 N–H and O–H groups in total. The molecule has 9 heteroatoms. The average molecular weight is 423 g/mol. The second-order valence-corrected chi connectivity index (χ2v) is 7.81. The number of benzene rings is 2. The third kappa shape index (κ3) is 3.34. The minimum Gasteiger partial charge on any atom is -0.481 e. The summed E-state index contributed by atoms with van der Waals surface area (Å²) < 4.78 is 6.45. The number of para-hydroxylation sites is 2. The second-order valence-electron chi connectivity index (χ2n) is 5.91. The van der Waals surface area contributed by atoms with Crippen molar-refractivity contribution in [2.24, 2.45) is 0 Å². The van der Waals surface area contributed by atoms with Crippen LogP contribution in [-0.2, 0) is 16.1 Å². The van der Waals surface area contributed by atoms with E-state index in [2.05, 4.69) is 4.98 Å². The predicted molar refractivity (Wildman–Crippen MR) is 104 cm³/mol. The Hall–Kier alpha value is -2.35. The molecule has 0 aliphatic carbocycles. The summed E-state index contributed by atoms with van der Waals surface area (Å²) in [6, 6.07) is 10.5. The monoisotopic (exact) mass is 422 g/mol. The van der Waals surface area contributed by atoms with Crippen molar-refractivity contribution in [3.8, 4) is 5.75 Å². The number of aliphatic carboxylic acids is 1. The van der Waals surface area contributed by atoms with Gasteiger partial charge in [-0.15, -0.1) is 11.3 Å². The standard InChI is InChI=1S/C18H12Cl2N2O4S/c19-9-5-6-13-17(16(9)20)21-14(27-13)8-22-10-3-1-2-4-11(10)26-12(18(22)25)7-15(23)24/h1-6,12H,7-8H2,(H,23,24). The van der Waals surface area contributed by atoms with Crippen LogP contribution < -0.4 is 9.64 Å². The number of thiazole rings is 1. The van der Waals surface area contributed by atoms with E-state index in [-0.39, 0.29) is 6.54 Å². The molecule has 1 amide bonds. The molecule has 1 unspecified atom stereocenters. The summed E-state index contributed by atoms with van der Waals surface area (Å²) in [5.74, 6) is -1.06. The van der Waals surface area contributed by atoms with Gasteiger partial charge < -0.3 is 9.84 Å². The highest BCUT2D eigenvalue weighted by molar-refractivity contribution is 7.18. The van der Waals surface area contributed by atoms with Gasteiger partial charge in [-0.3, -0.25) is 14.5 Å². The SMILES string of the molecule is O=C(O)CC1Oc2ccccc2N(Cc2nc3c(Cl)c(Cl)ccc3s2)C1=O. The number of carboxylic acids is 1. The topological polar surface area (TPSA) is 79.7 Å². The van der Waals surface area contributed by atoms with Gasteiger partial charge in [0, 0.05) is 0 Å². The minimum absolute atomic E-state index is 0.183. The van der Waals surface area contributed by atoms with Gasteiger partial charge in [-0.25, -0.2) is 4.98 Å². The first-order valence-electron chi connectivity index (χ1n) is 7.96. The molecule has 1 aromatic heterocycles. The number of ether oxygens (including phenoxy) is 1. The van der Waals surface area contributed by atoms with Crippen molar-refractivity contribution in [2.45, 2.75) is 19.1 Å². The quantitative estimate of drug-likeness (QED) is 0.674. The first kappa shape index (κ1) is 18.0. The lowest BCUT2D eigenvalue weighted by atomic mass is 10.1. The molecule has 6 nitrogen and oxygen atoms in total. The fourth-order valence-corrected chi connectivity index (χ4v) is 4.29. The number of carbonyl (C=O) groups is 2. The van der Waals surface area contributed by atoms with Crippen molar-refractivity contribution >= 4 is 62.3 Å². The Kier molecular flexibility index (Phi) is 4.67. The van der Waals surface area contributed by atoms with E-state index in [1.54, 1.807) is 30.3 Å². The fraction of sp³-hybridized carbons (Fsp3) is 0.167. The van der Waals surface area contributed by atoms with Gasteiger partial charge in [0.05, 0.1) is 33.4 Å². The van der Waals surface area contributed by atoms with Gasteiger partial charge in [0.2, 0.25) is 0 Å². The van der Waals surface area contributed by atoms with Gasteiger partial charge in [0.15, 0.2) is 6.10 Å². The van der Waals surface area contributed by atoms with Crippen LogP contribution >= 0.6 is 34.5 Å². The van der Waals surface area contributed by atoms with E-state index in [0.29, 0.717) is 32.0 Å². The van der Waals surface area contributed by atoms with E-state index in [0.717, 1.165) is 4.70 Å². The molecule has 3 aromatic rings. The zero-order valence-electron chi connectivity index (χ0n) is 13.7. The summed E-state index contributed by atoms with van der Waals surface area (Å²) in [4.78, 5) is 29.9. The summed E-state index contributed by atoms with van der Waals surface area (Å²) in [6.07, 6.45) is -1.49. The maximum absolute atomic E-state index is 12.8. The van der Waals surface area contributed by atoms with Crippen LogP contribution in [0, 0.1) is 0 Å². The first-order valence-corrected chi connectivity index (χ1v) is 9.53. The van der Waals surface area contributed by atoms with Crippen LogP contribution in [0.5, 0.6) is 5.75 Å². The number of hydrogen-bond acceptors (Lipinski definition) is 5. The van der Waals surface area contributed by atoms with Gasteiger partial charge >= 0.3 is 5.97 Å². The number of carbonyl (C=O) groups excluding carboxylic acids is 1. The van der Waals surface area contributed by atoms with E-state index in [9.17, 15) is 9.59 Å². The molecule has 2 heterocycles. The summed E-state index contributed by atoms with van der Waals surface area (Å²) in [5, 5.41) is 10.5. The Morgan fingerprint density at radius 1 is 1.26 bits per heavy atom. The smallest absolute Gasteiger partial charge is 0.307 e. The number of anilines is 1. The zero-order chi connectivity index (χ0) is 19.1. The van der Waals surface area contributed by atoms with E-state index in [4.69, 9.17) is 33.0 Å². The molecule has 4 rings (SSSR count). The van der Waals surface area contributed by atoms with Crippen LogP contribution in [0.2, 0.25) is 10.0 Å². The molecule has 0 saturated heterocycles. The Morgan fingerprint density at radius 3 is 2.81 bits per heavy atom. The second kappa shape index (κ2) is 6.99. The van der Waals surface area contributed by atoms with Crippen molar-refractivity contribution in [2.75, 3.05) is 4.90 Å². The van der Waals surface area contributed by atoms with Gasteiger partial charge in [-0.1, -0.05) is 35.3 Å². The Labute approximate surface area is 167 Å². The van der Waals surface area contributed by atoms with Crippen LogP contribution in [0.3, 0.4) is 0 Å². The normalized spacial score (nSPS) is 16.3. The summed E-state index contributed by atoms with van der Waals surface area (Å²) in [5.41, 5.74) is 1.16.